The fourth-order valence-corrected chi connectivity index (χ4v) is 10.3. The maximum atomic E-state index is 13.9. The molecule has 2 bridgehead atoms. The molecule has 0 aromatic carbocycles. The molecule has 1 saturated heterocycles. The second kappa shape index (κ2) is 36.1. The van der Waals surface area contributed by atoms with Crippen LogP contribution in [0.15, 0.2) is 24.3 Å². The Kier molecular flexibility index (Phi) is 33.1. The van der Waals surface area contributed by atoms with Crippen molar-refractivity contribution in [3.8, 4) is 0 Å². The molecule has 0 spiro atoms. The first-order chi connectivity index (χ1) is 33.3. The first kappa shape index (κ1) is 64.2. The molecule has 70 heavy (non-hydrogen) atoms. The van der Waals surface area contributed by atoms with Gasteiger partial charge < -0.3 is 54.8 Å². The molecule has 0 aromatic heterocycles. The SMILES string of the molecule is CCCCCCCC/C=C\CCCCCCCCCC(=O)OC[C@@H]1COP(=O)(O)O[C@H]2[C@H](O)[C@@H](O)[C@H](O)[C@@H](CCCCCCC(=O)O1)[C@@H](O)CC(=O)[C@H](/C=C/[C@@H](O)CCCCC)[C@@H](O)[C@H]2OP(=O)(O)O. The van der Waals surface area contributed by atoms with Gasteiger partial charge in [0.15, 0.2) is 6.10 Å². The van der Waals surface area contributed by atoms with Gasteiger partial charge in [-0.1, -0.05) is 141 Å². The van der Waals surface area contributed by atoms with E-state index < -0.39 is 120 Å². The van der Waals surface area contributed by atoms with Crippen LogP contribution in [0.4, 0.5) is 0 Å². The number of rotatable bonds is 27. The number of allylic oxidation sites excluding steroid dienone is 2. The fraction of sp³-hybridized carbons (Fsp3) is 0.857. The van der Waals surface area contributed by atoms with E-state index in [1.54, 1.807) is 0 Å². The number of ketones is 1. The average Bonchev–Trinajstić information content (AvgIpc) is 3.30. The molecule has 1 aliphatic carbocycles. The Morgan fingerprint density at radius 2 is 1.37 bits per heavy atom. The van der Waals surface area contributed by atoms with Crippen molar-refractivity contribution in [2.45, 2.75) is 242 Å². The molecule has 2 rings (SSSR count). The molecule has 1 aliphatic heterocycles. The maximum Gasteiger partial charge on any atom is 0.472 e. The molecule has 12 atom stereocenters. The van der Waals surface area contributed by atoms with Gasteiger partial charge in [0.1, 0.15) is 36.8 Å². The molecule has 2 fully saturated rings. The van der Waals surface area contributed by atoms with Crippen LogP contribution in [0, 0.1) is 11.8 Å². The summed E-state index contributed by atoms with van der Waals surface area (Å²) in [5.74, 6) is -5.61. The van der Waals surface area contributed by atoms with Crippen LogP contribution in [-0.2, 0) is 46.6 Å². The van der Waals surface area contributed by atoms with Crippen LogP contribution >= 0.6 is 15.6 Å². The number of fused-ring (bicyclic) bond motifs is 4. The lowest BCUT2D eigenvalue weighted by Gasteiger charge is -2.38. The van der Waals surface area contributed by atoms with Gasteiger partial charge in [0.05, 0.1) is 36.9 Å². The normalized spacial score (nSPS) is 30.0. The summed E-state index contributed by atoms with van der Waals surface area (Å²) < 4.78 is 52.2. The predicted molar refractivity (Wildman–Crippen MR) is 261 cm³/mol. The minimum Gasteiger partial charge on any atom is -0.462 e. The number of carbonyl (C=O) groups is 3. The van der Waals surface area contributed by atoms with E-state index in [9.17, 15) is 68.8 Å². The lowest BCUT2D eigenvalue weighted by atomic mass is 9.82. The number of esters is 2. The van der Waals surface area contributed by atoms with Gasteiger partial charge in [-0.2, -0.15) is 0 Å². The zero-order valence-corrected chi connectivity index (χ0v) is 43.5. The zero-order chi connectivity index (χ0) is 52.0. The highest BCUT2D eigenvalue weighted by atomic mass is 31.2. The summed E-state index contributed by atoms with van der Waals surface area (Å²) in [6.07, 6.45) is 6.88. The second-order valence-corrected chi connectivity index (χ2v) is 21.6. The Labute approximate surface area is 415 Å². The van der Waals surface area contributed by atoms with Gasteiger partial charge in [0, 0.05) is 25.2 Å². The van der Waals surface area contributed by atoms with E-state index in [1.807, 2.05) is 6.92 Å². The Morgan fingerprint density at radius 1 is 0.786 bits per heavy atom. The van der Waals surface area contributed by atoms with Gasteiger partial charge in [-0.15, -0.1) is 0 Å². The van der Waals surface area contributed by atoms with E-state index in [0.29, 0.717) is 32.1 Å². The number of aliphatic hydroxyl groups excluding tert-OH is 6. The van der Waals surface area contributed by atoms with Crippen molar-refractivity contribution < 1.29 is 91.9 Å². The highest BCUT2D eigenvalue weighted by Gasteiger charge is 2.51. The van der Waals surface area contributed by atoms with Gasteiger partial charge in [0.25, 0.3) is 0 Å². The Balaban J connectivity index is 2.22. The van der Waals surface area contributed by atoms with Crippen molar-refractivity contribution in [1.29, 1.82) is 0 Å². The Morgan fingerprint density at radius 3 is 2.00 bits per heavy atom. The molecule has 21 heteroatoms. The van der Waals surface area contributed by atoms with Gasteiger partial charge in [-0.3, -0.25) is 28.0 Å². The number of hydrogen-bond donors (Lipinski definition) is 9. The van der Waals surface area contributed by atoms with Crippen LogP contribution in [0.25, 0.3) is 0 Å². The molecule has 408 valence electrons. The molecule has 0 aromatic rings. The standard InChI is InChI=1S/C49H88O19P2/c1-3-5-7-8-9-10-11-12-13-14-15-16-17-18-19-20-25-29-42(53)64-34-37-35-65-70(62,63)68-49-47(58)46(57)44(55)38(28-24-21-22-26-30-43(54)66-37)40(51)33-41(52)39(32-31-36(50)27-23-6-4-2)45(56)48(49)67-69(59,60)61/h12-13,31-32,36-40,44-51,55-58H,3-11,14-30,33-35H2,1-2H3,(H,62,63)(H2,59,60,61)/b13-12-,32-31+/t36-,37+,38-,39-,40-,44+,45+,46-,47+,48+,49-/m0/s1. The minimum absolute atomic E-state index is 0.0535. The fourth-order valence-electron chi connectivity index (χ4n) is 8.77. The van der Waals surface area contributed by atoms with E-state index in [4.69, 9.17) is 23.0 Å². The first-order valence-corrected chi connectivity index (χ1v) is 29.0. The number of Topliss-reactive ketones (excluding diaryl/α,β-unsaturated/α-hetero) is 1. The molecular weight excluding hydrogens is 954 g/mol. The van der Waals surface area contributed by atoms with Crippen molar-refractivity contribution in [1.82, 2.24) is 0 Å². The Hall–Kier alpha value is -1.93. The van der Waals surface area contributed by atoms with Crippen LogP contribution in [0.1, 0.15) is 187 Å². The molecular formula is C49H88O19P2. The van der Waals surface area contributed by atoms with Crippen LogP contribution in [-0.4, -0.2) is 131 Å². The summed E-state index contributed by atoms with van der Waals surface area (Å²) in [5, 5.41) is 68.1. The number of unbranched alkanes of at least 4 members (excludes halogenated alkanes) is 15. The summed E-state index contributed by atoms with van der Waals surface area (Å²) in [6.45, 7) is 2.58. The third-order valence-corrected chi connectivity index (χ3v) is 14.4. The number of carbonyl (C=O) groups excluding carboxylic acids is 3. The summed E-state index contributed by atoms with van der Waals surface area (Å²) in [7, 11) is -11.5. The monoisotopic (exact) mass is 1040 g/mol. The molecule has 9 N–H and O–H groups in total. The van der Waals surface area contributed by atoms with Gasteiger partial charge in [0.2, 0.25) is 0 Å². The molecule has 19 nitrogen and oxygen atoms in total. The van der Waals surface area contributed by atoms with Gasteiger partial charge >= 0.3 is 27.6 Å². The minimum atomic E-state index is -5.79. The second-order valence-electron chi connectivity index (χ2n) is 19.0. The molecule has 1 unspecified atom stereocenters. The van der Waals surface area contributed by atoms with Crippen molar-refractivity contribution in [2.24, 2.45) is 11.8 Å². The van der Waals surface area contributed by atoms with E-state index in [1.165, 1.54) is 38.5 Å². The number of ether oxygens (including phenoxy) is 2. The number of aliphatic hydroxyl groups is 6. The van der Waals surface area contributed by atoms with E-state index >= 15 is 0 Å². The van der Waals surface area contributed by atoms with Crippen LogP contribution in [0.2, 0.25) is 0 Å². The summed E-state index contributed by atoms with van der Waals surface area (Å²) in [5.41, 5.74) is 0. The largest absolute Gasteiger partial charge is 0.472 e. The van der Waals surface area contributed by atoms with Crippen molar-refractivity contribution in [3.05, 3.63) is 24.3 Å². The molecule has 0 amide bonds. The number of cyclic esters (lactones) is 1. The van der Waals surface area contributed by atoms with E-state index in [0.717, 1.165) is 76.4 Å². The van der Waals surface area contributed by atoms with Crippen LogP contribution in [0.5, 0.6) is 0 Å². The van der Waals surface area contributed by atoms with Crippen LogP contribution < -0.4 is 0 Å². The van der Waals surface area contributed by atoms with Gasteiger partial charge in [-0.05, 0) is 51.4 Å². The summed E-state index contributed by atoms with van der Waals surface area (Å²) >= 11 is 0. The van der Waals surface area contributed by atoms with Crippen molar-refractivity contribution in [2.75, 3.05) is 13.2 Å². The number of phosphoric ester groups is 2. The maximum absolute atomic E-state index is 13.9. The third-order valence-electron chi connectivity index (χ3n) is 12.9. The van der Waals surface area contributed by atoms with Gasteiger partial charge in [-0.25, -0.2) is 9.13 Å². The zero-order valence-electron chi connectivity index (χ0n) is 41.7. The van der Waals surface area contributed by atoms with Crippen molar-refractivity contribution in [3.63, 3.8) is 0 Å². The van der Waals surface area contributed by atoms with Crippen LogP contribution in [0.3, 0.4) is 0 Å². The quantitative estimate of drug-likeness (QED) is 0.0171. The smallest absolute Gasteiger partial charge is 0.462 e. The molecule has 1 saturated carbocycles. The van der Waals surface area contributed by atoms with Crippen molar-refractivity contribution >= 4 is 33.4 Å². The van der Waals surface area contributed by atoms with E-state index in [2.05, 4.69) is 19.1 Å². The lowest BCUT2D eigenvalue weighted by Crippen LogP contribution is -2.56. The molecule has 2 aliphatic rings. The highest BCUT2D eigenvalue weighted by molar-refractivity contribution is 7.47. The summed E-state index contributed by atoms with van der Waals surface area (Å²) in [6, 6.07) is 0. The Bertz CT molecular complexity index is 1610. The predicted octanol–water partition coefficient (Wildman–Crippen LogP) is 7.10. The molecule has 0 radical (unpaired) electrons. The topological polar surface area (TPSA) is 314 Å². The lowest BCUT2D eigenvalue weighted by molar-refractivity contribution is -0.165. The summed E-state index contributed by atoms with van der Waals surface area (Å²) in [4.78, 5) is 70.7. The number of phosphoric acid groups is 2. The first-order valence-electron chi connectivity index (χ1n) is 26.0. The highest BCUT2D eigenvalue weighted by Crippen LogP contribution is 2.49. The van der Waals surface area contributed by atoms with E-state index in [-0.39, 0.29) is 32.1 Å². The third kappa shape index (κ3) is 27.4. The molecule has 1 heterocycles. The average molecular weight is 1040 g/mol. The number of hydrogen-bond acceptors (Lipinski definition) is 16.